The highest BCUT2D eigenvalue weighted by Gasteiger charge is 2.12. The zero-order valence-electron chi connectivity index (χ0n) is 9.79. The summed E-state index contributed by atoms with van der Waals surface area (Å²) in [6, 6.07) is 10.1. The van der Waals surface area contributed by atoms with Crippen LogP contribution in [0.5, 0.6) is 0 Å². The normalized spacial score (nSPS) is 10.5. The topological polar surface area (TPSA) is 67.4 Å². The minimum atomic E-state index is -0.312. The van der Waals surface area contributed by atoms with E-state index in [0.717, 1.165) is 0 Å². The summed E-state index contributed by atoms with van der Waals surface area (Å²) >= 11 is 0. The first kappa shape index (κ1) is 11.3. The molecule has 1 aromatic carbocycles. The van der Waals surface area contributed by atoms with Gasteiger partial charge in [-0.05, 0) is 12.1 Å². The Hall–Kier alpha value is -2.81. The Morgan fingerprint density at radius 1 is 1.26 bits per heavy atom. The predicted octanol–water partition coefficient (Wildman–Crippen LogP) is 1.89. The third kappa shape index (κ3) is 1.91. The smallest absolute Gasteiger partial charge is 0.182 e. The van der Waals surface area contributed by atoms with E-state index in [1.54, 1.807) is 24.3 Å². The quantitative estimate of drug-likeness (QED) is 0.699. The van der Waals surface area contributed by atoms with Crippen LogP contribution in [-0.2, 0) is 6.54 Å². The Bertz CT molecular complexity index is 787. The average Bonchev–Trinajstić information content (AvgIpc) is 2.80. The summed E-state index contributed by atoms with van der Waals surface area (Å²) in [6.45, 7) is 0.212. The van der Waals surface area contributed by atoms with Gasteiger partial charge in [0, 0.05) is 5.56 Å². The van der Waals surface area contributed by atoms with Gasteiger partial charge in [0.2, 0.25) is 0 Å². The number of benzene rings is 1. The van der Waals surface area contributed by atoms with Gasteiger partial charge in [0.1, 0.15) is 11.9 Å². The van der Waals surface area contributed by atoms with Crippen LogP contribution in [0.2, 0.25) is 0 Å². The Balaban J connectivity index is 2.12. The molecule has 0 aliphatic carbocycles. The van der Waals surface area contributed by atoms with Crippen LogP contribution < -0.4 is 0 Å². The van der Waals surface area contributed by atoms with Crippen molar-refractivity contribution in [2.45, 2.75) is 6.54 Å². The van der Waals surface area contributed by atoms with Gasteiger partial charge in [0.25, 0.3) is 0 Å². The van der Waals surface area contributed by atoms with E-state index in [2.05, 4.69) is 15.3 Å². The number of aromatic nitrogens is 4. The molecule has 0 spiro atoms. The number of hydrogen-bond donors (Lipinski definition) is 0. The third-order valence-electron chi connectivity index (χ3n) is 2.81. The van der Waals surface area contributed by atoms with E-state index >= 15 is 0 Å². The van der Waals surface area contributed by atoms with Gasteiger partial charge in [-0.1, -0.05) is 18.2 Å². The molecule has 2 aromatic heterocycles. The molecular weight excluding hydrogens is 245 g/mol. The van der Waals surface area contributed by atoms with Crippen molar-refractivity contribution >= 4 is 11.0 Å². The van der Waals surface area contributed by atoms with E-state index in [9.17, 15) is 4.39 Å². The van der Waals surface area contributed by atoms with Crippen LogP contribution in [0.4, 0.5) is 4.39 Å². The largest absolute Gasteiger partial charge is 0.240 e. The first-order valence-electron chi connectivity index (χ1n) is 5.61. The molecule has 3 aromatic rings. The fourth-order valence-corrected chi connectivity index (χ4v) is 1.90. The van der Waals surface area contributed by atoms with E-state index in [4.69, 9.17) is 5.26 Å². The maximum atomic E-state index is 13.6. The van der Waals surface area contributed by atoms with Gasteiger partial charge in [-0.3, -0.25) is 0 Å². The maximum Gasteiger partial charge on any atom is 0.182 e. The molecule has 5 nitrogen and oxygen atoms in total. The molecule has 6 heteroatoms. The highest BCUT2D eigenvalue weighted by Crippen LogP contribution is 2.16. The molecule has 0 N–H and O–H groups in total. The lowest BCUT2D eigenvalue weighted by atomic mass is 10.2. The van der Waals surface area contributed by atoms with Crippen molar-refractivity contribution in [2.75, 3.05) is 0 Å². The van der Waals surface area contributed by atoms with E-state index in [1.165, 1.54) is 16.9 Å². The number of nitriles is 1. The van der Waals surface area contributed by atoms with Crippen LogP contribution in [0.1, 0.15) is 11.3 Å². The lowest BCUT2D eigenvalue weighted by Crippen LogP contribution is -2.05. The summed E-state index contributed by atoms with van der Waals surface area (Å²) in [5.74, 6) is -0.312. The van der Waals surface area contributed by atoms with Crippen molar-refractivity contribution in [2.24, 2.45) is 0 Å². The number of nitrogens with zero attached hydrogens (tertiary/aromatic N) is 5. The molecular formula is C13H8FN5. The van der Waals surface area contributed by atoms with Gasteiger partial charge < -0.3 is 0 Å². The Morgan fingerprint density at radius 3 is 2.89 bits per heavy atom. The van der Waals surface area contributed by atoms with Crippen molar-refractivity contribution < 1.29 is 4.39 Å². The molecule has 0 amide bonds. The summed E-state index contributed by atoms with van der Waals surface area (Å²) in [6.07, 6.45) is 1.50. The monoisotopic (exact) mass is 253 g/mol. The van der Waals surface area contributed by atoms with Gasteiger partial charge in [-0.15, -0.1) is 5.10 Å². The molecule has 0 unspecified atom stereocenters. The van der Waals surface area contributed by atoms with Crippen LogP contribution in [-0.4, -0.2) is 20.0 Å². The van der Waals surface area contributed by atoms with Crippen LogP contribution in [0.3, 0.4) is 0 Å². The van der Waals surface area contributed by atoms with Gasteiger partial charge in [-0.2, -0.15) is 15.5 Å². The molecule has 0 fully saturated rings. The summed E-state index contributed by atoms with van der Waals surface area (Å²) in [5.41, 5.74) is 1.23. The lowest BCUT2D eigenvalue weighted by molar-refractivity contribution is 0.588. The van der Waals surface area contributed by atoms with Gasteiger partial charge in [0.05, 0.1) is 18.1 Å². The molecule has 0 saturated heterocycles. The highest BCUT2D eigenvalue weighted by atomic mass is 19.1. The Morgan fingerprint density at radius 2 is 2.11 bits per heavy atom. The van der Waals surface area contributed by atoms with Crippen molar-refractivity contribution in [3.8, 4) is 6.07 Å². The van der Waals surface area contributed by atoms with Gasteiger partial charge >= 0.3 is 0 Å². The fraction of sp³-hybridized carbons (Fsp3) is 0.0769. The Labute approximate surface area is 107 Å². The zero-order valence-corrected chi connectivity index (χ0v) is 9.79. The molecule has 2 heterocycles. The molecule has 19 heavy (non-hydrogen) atoms. The van der Waals surface area contributed by atoms with Crippen molar-refractivity contribution in [1.29, 1.82) is 5.26 Å². The molecule has 0 aliphatic rings. The molecule has 0 aliphatic heterocycles. The minimum absolute atomic E-state index is 0.212. The van der Waals surface area contributed by atoms with Crippen molar-refractivity contribution in [3.63, 3.8) is 0 Å². The van der Waals surface area contributed by atoms with Crippen molar-refractivity contribution in [3.05, 3.63) is 53.6 Å². The maximum absolute atomic E-state index is 13.6. The lowest BCUT2D eigenvalue weighted by Gasteiger charge is -2.03. The zero-order chi connectivity index (χ0) is 13.2. The summed E-state index contributed by atoms with van der Waals surface area (Å²) in [5, 5.41) is 21.5. The molecule has 3 rings (SSSR count). The van der Waals surface area contributed by atoms with Crippen LogP contribution >= 0.6 is 0 Å². The summed E-state index contributed by atoms with van der Waals surface area (Å²) in [4.78, 5) is 0. The van der Waals surface area contributed by atoms with Gasteiger partial charge in [-0.25, -0.2) is 9.07 Å². The Kier molecular flexibility index (Phi) is 2.65. The number of fused-ring (bicyclic) bond motifs is 1. The van der Waals surface area contributed by atoms with E-state index in [-0.39, 0.29) is 18.1 Å². The number of rotatable bonds is 2. The number of hydrogen-bond acceptors (Lipinski definition) is 4. The fourth-order valence-electron chi connectivity index (χ4n) is 1.90. The standard InChI is InChI=1S/C13H8FN5/c14-11-4-2-1-3-9(11)8-19-13-10(5-6-16-17-13)12(7-15)18-19/h1-6H,8H2. The van der Waals surface area contributed by atoms with E-state index < -0.39 is 0 Å². The average molecular weight is 253 g/mol. The second kappa shape index (κ2) is 4.46. The predicted molar refractivity (Wildman–Crippen MR) is 65.5 cm³/mol. The van der Waals surface area contributed by atoms with Crippen LogP contribution in [0.15, 0.2) is 36.5 Å². The van der Waals surface area contributed by atoms with Crippen molar-refractivity contribution in [1.82, 2.24) is 20.0 Å². The summed E-state index contributed by atoms with van der Waals surface area (Å²) < 4.78 is 15.1. The molecule has 0 radical (unpaired) electrons. The first-order valence-corrected chi connectivity index (χ1v) is 5.61. The molecule has 0 bridgehead atoms. The molecule has 0 atom stereocenters. The summed E-state index contributed by atoms with van der Waals surface area (Å²) in [7, 11) is 0. The third-order valence-corrected chi connectivity index (χ3v) is 2.81. The number of halogens is 1. The highest BCUT2D eigenvalue weighted by molar-refractivity contribution is 5.80. The van der Waals surface area contributed by atoms with E-state index in [1.807, 2.05) is 6.07 Å². The second-order valence-corrected chi connectivity index (χ2v) is 3.98. The minimum Gasteiger partial charge on any atom is -0.240 e. The molecule has 0 saturated carbocycles. The van der Waals surface area contributed by atoms with Gasteiger partial charge in [0.15, 0.2) is 11.3 Å². The van der Waals surface area contributed by atoms with Crippen LogP contribution in [0, 0.1) is 17.1 Å². The SMILES string of the molecule is N#Cc1nn(Cc2ccccc2F)c2nnccc12. The van der Waals surface area contributed by atoms with E-state index in [0.29, 0.717) is 16.6 Å². The molecule has 92 valence electrons. The first-order chi connectivity index (χ1) is 9.29. The second-order valence-electron chi connectivity index (χ2n) is 3.98. The van der Waals surface area contributed by atoms with Crippen LogP contribution in [0.25, 0.3) is 11.0 Å².